The Kier molecular flexibility index (Phi) is 3.04. The summed E-state index contributed by atoms with van der Waals surface area (Å²) >= 11 is 0. The van der Waals surface area contributed by atoms with Crippen molar-refractivity contribution in [1.82, 2.24) is 16.0 Å². The van der Waals surface area contributed by atoms with Crippen LogP contribution >= 0.6 is 0 Å². The van der Waals surface area contributed by atoms with Crippen LogP contribution < -0.4 is 16.0 Å². The van der Waals surface area contributed by atoms with Crippen LogP contribution in [-0.2, 0) is 14.4 Å². The van der Waals surface area contributed by atoms with Crippen molar-refractivity contribution in [2.45, 2.75) is 37.3 Å². The summed E-state index contributed by atoms with van der Waals surface area (Å²) in [4.78, 5) is 33.7. The van der Waals surface area contributed by atoms with Gasteiger partial charge < -0.3 is 16.0 Å². The van der Waals surface area contributed by atoms with Crippen LogP contribution in [0.3, 0.4) is 0 Å². The Morgan fingerprint density at radius 1 is 1.65 bits per heavy atom. The molecule has 0 aromatic heterocycles. The van der Waals surface area contributed by atoms with Gasteiger partial charge in [-0.05, 0) is 25.7 Å². The fraction of sp³-hybridized carbons (Fsp3) is 0.727. The molecule has 1 spiro atoms. The van der Waals surface area contributed by atoms with Crippen molar-refractivity contribution < 1.29 is 14.4 Å². The number of carbonyl (C=O) groups excluding carboxylic acids is 3. The van der Waals surface area contributed by atoms with E-state index in [0.717, 1.165) is 19.3 Å². The van der Waals surface area contributed by atoms with E-state index in [0.29, 0.717) is 12.8 Å². The number of nitrogens with one attached hydrogen (secondary N) is 3. The lowest BCUT2D eigenvalue weighted by molar-refractivity contribution is -0.127. The van der Waals surface area contributed by atoms with Crippen LogP contribution in [0.5, 0.6) is 0 Å². The molecular weight excluding hydrogens is 222 g/mol. The first-order chi connectivity index (χ1) is 8.10. The summed E-state index contributed by atoms with van der Waals surface area (Å²) in [6.07, 6.45) is 3.70. The monoisotopic (exact) mass is 239 g/mol. The molecule has 2 unspecified atom stereocenters. The Balaban J connectivity index is 1.95. The van der Waals surface area contributed by atoms with E-state index in [1.807, 2.05) is 0 Å². The first-order valence-electron chi connectivity index (χ1n) is 5.83. The Morgan fingerprint density at radius 3 is 2.82 bits per heavy atom. The third-order valence-corrected chi connectivity index (χ3v) is 3.60. The molecule has 1 saturated heterocycles. The van der Waals surface area contributed by atoms with Gasteiger partial charge in [0.1, 0.15) is 6.04 Å². The van der Waals surface area contributed by atoms with Gasteiger partial charge in [-0.1, -0.05) is 0 Å². The molecule has 94 valence electrons. The standard InChI is InChI=1S/C11H17N3O3/c1-12-10(17)8(13-6-15)4-7-5-11(2-3-11)14-9(7)16/h6-8H,2-5H2,1H3,(H,12,17)(H,13,15)(H,14,16). The molecule has 1 heterocycles. The molecular formula is C11H17N3O3. The zero-order valence-electron chi connectivity index (χ0n) is 9.79. The molecule has 3 N–H and O–H groups in total. The SMILES string of the molecule is CNC(=O)C(CC1CC2(CC2)NC1=O)NC=O. The van der Waals surface area contributed by atoms with Gasteiger partial charge in [-0.2, -0.15) is 0 Å². The van der Waals surface area contributed by atoms with Crippen LogP contribution in [0.4, 0.5) is 0 Å². The van der Waals surface area contributed by atoms with E-state index in [9.17, 15) is 14.4 Å². The third-order valence-electron chi connectivity index (χ3n) is 3.60. The Morgan fingerprint density at radius 2 is 2.35 bits per heavy atom. The smallest absolute Gasteiger partial charge is 0.242 e. The van der Waals surface area contributed by atoms with Gasteiger partial charge in [0.15, 0.2) is 0 Å². The van der Waals surface area contributed by atoms with Crippen molar-refractivity contribution in [3.63, 3.8) is 0 Å². The lowest BCUT2D eigenvalue weighted by Gasteiger charge is -2.17. The lowest BCUT2D eigenvalue weighted by atomic mass is 9.95. The minimum atomic E-state index is -0.623. The van der Waals surface area contributed by atoms with Crippen molar-refractivity contribution in [1.29, 1.82) is 0 Å². The quantitative estimate of drug-likeness (QED) is 0.532. The third kappa shape index (κ3) is 2.40. The van der Waals surface area contributed by atoms with Crippen molar-refractivity contribution in [2.24, 2.45) is 5.92 Å². The molecule has 1 aliphatic heterocycles. The van der Waals surface area contributed by atoms with E-state index < -0.39 is 6.04 Å². The van der Waals surface area contributed by atoms with Gasteiger partial charge in [-0.3, -0.25) is 14.4 Å². The largest absolute Gasteiger partial charge is 0.357 e. The highest BCUT2D eigenvalue weighted by Crippen LogP contribution is 2.46. The highest BCUT2D eigenvalue weighted by molar-refractivity contribution is 5.86. The van der Waals surface area contributed by atoms with Crippen molar-refractivity contribution >= 4 is 18.2 Å². The average Bonchev–Trinajstić information content (AvgIpc) is 2.97. The van der Waals surface area contributed by atoms with Crippen LogP contribution in [0.1, 0.15) is 25.7 Å². The zero-order chi connectivity index (χ0) is 12.5. The Bertz CT molecular complexity index is 352. The van der Waals surface area contributed by atoms with E-state index in [-0.39, 0.29) is 23.3 Å². The van der Waals surface area contributed by atoms with Gasteiger partial charge in [0.25, 0.3) is 0 Å². The number of rotatable bonds is 5. The predicted molar refractivity (Wildman–Crippen MR) is 59.9 cm³/mol. The summed E-state index contributed by atoms with van der Waals surface area (Å²) in [5, 5.41) is 7.91. The molecule has 3 amide bonds. The van der Waals surface area contributed by atoms with Gasteiger partial charge in [-0.15, -0.1) is 0 Å². The number of likely N-dealkylation sites (N-methyl/N-ethyl adjacent to an activating group) is 1. The maximum atomic E-state index is 11.7. The van der Waals surface area contributed by atoms with Crippen LogP contribution in [0.15, 0.2) is 0 Å². The maximum Gasteiger partial charge on any atom is 0.242 e. The average molecular weight is 239 g/mol. The van der Waals surface area contributed by atoms with E-state index in [1.165, 1.54) is 7.05 Å². The summed E-state index contributed by atoms with van der Waals surface area (Å²) in [6, 6.07) is -0.623. The van der Waals surface area contributed by atoms with Crippen molar-refractivity contribution in [3.05, 3.63) is 0 Å². The molecule has 0 aromatic carbocycles. The van der Waals surface area contributed by atoms with Crippen molar-refractivity contribution in [3.8, 4) is 0 Å². The molecule has 0 aromatic rings. The first-order valence-corrected chi connectivity index (χ1v) is 5.83. The Labute approximate surface area is 99.5 Å². The molecule has 17 heavy (non-hydrogen) atoms. The molecule has 2 fully saturated rings. The second-order valence-corrected chi connectivity index (χ2v) is 4.86. The lowest BCUT2D eigenvalue weighted by Crippen LogP contribution is -2.44. The predicted octanol–water partition coefficient (Wildman–Crippen LogP) is -1.09. The molecule has 2 aliphatic rings. The molecule has 6 heteroatoms. The minimum Gasteiger partial charge on any atom is -0.357 e. The fourth-order valence-electron chi connectivity index (χ4n) is 2.44. The van der Waals surface area contributed by atoms with Crippen LogP contribution in [0, 0.1) is 5.92 Å². The molecule has 0 bridgehead atoms. The normalized spacial score (nSPS) is 26.2. The molecule has 1 aliphatic carbocycles. The van der Waals surface area contributed by atoms with Crippen LogP contribution in [0.25, 0.3) is 0 Å². The molecule has 1 saturated carbocycles. The summed E-state index contributed by atoms with van der Waals surface area (Å²) in [6.45, 7) is 0. The van der Waals surface area contributed by atoms with Gasteiger partial charge in [0.05, 0.1) is 0 Å². The molecule has 2 rings (SSSR count). The number of amides is 3. The van der Waals surface area contributed by atoms with Crippen LogP contribution in [0.2, 0.25) is 0 Å². The minimum absolute atomic E-state index is 0.00380. The van der Waals surface area contributed by atoms with E-state index >= 15 is 0 Å². The fourth-order valence-corrected chi connectivity index (χ4v) is 2.44. The van der Waals surface area contributed by atoms with E-state index in [4.69, 9.17) is 0 Å². The summed E-state index contributed by atoms with van der Waals surface area (Å²) in [5.41, 5.74) is 0.0101. The van der Waals surface area contributed by atoms with Crippen molar-refractivity contribution in [2.75, 3.05) is 7.05 Å². The second kappa shape index (κ2) is 4.35. The highest BCUT2D eigenvalue weighted by atomic mass is 16.2. The summed E-state index contributed by atoms with van der Waals surface area (Å²) in [5.74, 6) is -0.432. The number of hydrogen-bond donors (Lipinski definition) is 3. The highest BCUT2D eigenvalue weighted by Gasteiger charge is 2.52. The summed E-state index contributed by atoms with van der Waals surface area (Å²) in [7, 11) is 1.51. The maximum absolute atomic E-state index is 11.7. The topological polar surface area (TPSA) is 87.3 Å². The van der Waals surface area contributed by atoms with E-state index in [2.05, 4.69) is 16.0 Å². The van der Waals surface area contributed by atoms with Gasteiger partial charge in [-0.25, -0.2) is 0 Å². The zero-order valence-corrected chi connectivity index (χ0v) is 9.79. The molecule has 0 radical (unpaired) electrons. The van der Waals surface area contributed by atoms with Gasteiger partial charge in [0, 0.05) is 18.5 Å². The number of hydrogen-bond acceptors (Lipinski definition) is 3. The number of carbonyl (C=O) groups is 3. The van der Waals surface area contributed by atoms with Gasteiger partial charge >= 0.3 is 0 Å². The van der Waals surface area contributed by atoms with E-state index in [1.54, 1.807) is 0 Å². The molecule has 2 atom stereocenters. The summed E-state index contributed by atoms with van der Waals surface area (Å²) < 4.78 is 0. The Hall–Kier alpha value is -1.59. The van der Waals surface area contributed by atoms with Crippen LogP contribution in [-0.4, -0.2) is 36.9 Å². The second-order valence-electron chi connectivity index (χ2n) is 4.86. The molecule has 6 nitrogen and oxygen atoms in total. The first kappa shape index (κ1) is 11.9. The van der Waals surface area contributed by atoms with Gasteiger partial charge in [0.2, 0.25) is 18.2 Å².